The van der Waals surface area contributed by atoms with Gasteiger partial charge in [0.2, 0.25) is 5.91 Å². The Kier molecular flexibility index (Phi) is 5.58. The van der Waals surface area contributed by atoms with Crippen LogP contribution in [-0.4, -0.2) is 34.5 Å². The number of ketones is 2. The van der Waals surface area contributed by atoms with Gasteiger partial charge in [-0.15, -0.1) is 0 Å². The van der Waals surface area contributed by atoms with Crippen molar-refractivity contribution < 1.29 is 14.4 Å². The summed E-state index contributed by atoms with van der Waals surface area (Å²) in [6.07, 6.45) is 5.22. The lowest BCUT2D eigenvalue weighted by Crippen LogP contribution is -2.51. The molecule has 202 valence electrons. The summed E-state index contributed by atoms with van der Waals surface area (Å²) in [7, 11) is 0. The molecular weight excluding hydrogens is 510 g/mol. The Hall–Kier alpha value is -4.84. The Balaban J connectivity index is 1.56. The van der Waals surface area contributed by atoms with Crippen molar-refractivity contribution in [1.82, 2.24) is 4.98 Å². The van der Waals surface area contributed by atoms with E-state index in [4.69, 9.17) is 0 Å². The Labute approximate surface area is 238 Å². The van der Waals surface area contributed by atoms with Gasteiger partial charge in [0.25, 0.3) is 0 Å². The van der Waals surface area contributed by atoms with Gasteiger partial charge in [0.1, 0.15) is 11.5 Å². The molecule has 0 unspecified atom stereocenters. The predicted molar refractivity (Wildman–Crippen MR) is 159 cm³/mol. The number of allylic oxidation sites excluding steroid dienone is 1. The van der Waals surface area contributed by atoms with Crippen LogP contribution in [0.4, 0.5) is 11.4 Å². The number of carbonyl (C=O) groups is 3. The smallest absolute Gasteiger partial charge is 0.238 e. The molecule has 41 heavy (non-hydrogen) atoms. The predicted octanol–water partition coefficient (Wildman–Crippen LogP) is 5.94. The Morgan fingerprint density at radius 1 is 0.854 bits per heavy atom. The van der Waals surface area contributed by atoms with Crippen LogP contribution < -0.4 is 10.2 Å². The Bertz CT molecular complexity index is 1780. The molecule has 0 radical (unpaired) electrons. The molecule has 1 N–H and O–H groups in total. The van der Waals surface area contributed by atoms with Crippen molar-refractivity contribution in [2.45, 2.75) is 38.3 Å². The molecule has 0 bridgehead atoms. The minimum Gasteiger partial charge on any atom is -0.352 e. The monoisotopic (exact) mass is 539 g/mol. The van der Waals surface area contributed by atoms with E-state index in [2.05, 4.69) is 22.4 Å². The average Bonchev–Trinajstić information content (AvgIpc) is 3.45. The summed E-state index contributed by atoms with van der Waals surface area (Å²) in [6.45, 7) is 6.05. The first-order valence-electron chi connectivity index (χ1n) is 13.9. The third kappa shape index (κ3) is 3.50. The fourth-order valence-electron chi connectivity index (χ4n) is 7.12. The number of rotatable bonds is 4. The highest BCUT2D eigenvalue weighted by Gasteiger charge is 2.70. The van der Waals surface area contributed by atoms with Gasteiger partial charge in [-0.25, -0.2) is 0 Å². The summed E-state index contributed by atoms with van der Waals surface area (Å²) in [6, 6.07) is 23.1. The van der Waals surface area contributed by atoms with Gasteiger partial charge in [0, 0.05) is 40.5 Å². The standard InChI is InChI=1S/C35H29N3O3/c1-20-10-13-23(14-11-20)33(40)31-30(32(39)24-7-6-16-36-19-24)35(26-8-4-5-9-27(26)37-34(35)41)29-18-22(3)25-17-21(2)12-15-28(25)38(29)31/h4-19,29-31H,1-3H3,(H,37,41)/t29-,30+,31-,35-/m0/s1. The second kappa shape index (κ2) is 9.10. The summed E-state index contributed by atoms with van der Waals surface area (Å²) in [4.78, 5) is 50.1. The lowest BCUT2D eigenvalue weighted by atomic mass is 9.64. The van der Waals surface area contributed by atoms with Crippen LogP contribution >= 0.6 is 0 Å². The number of hydrogen-bond donors (Lipinski definition) is 1. The van der Waals surface area contributed by atoms with Crippen molar-refractivity contribution in [2.75, 3.05) is 10.2 Å². The molecule has 4 heterocycles. The Morgan fingerprint density at radius 2 is 1.61 bits per heavy atom. The van der Waals surface area contributed by atoms with E-state index in [-0.39, 0.29) is 17.5 Å². The van der Waals surface area contributed by atoms with E-state index in [0.717, 1.165) is 33.5 Å². The molecule has 4 atom stereocenters. The molecule has 1 aromatic heterocycles. The number of para-hydroxylation sites is 1. The van der Waals surface area contributed by atoms with Gasteiger partial charge < -0.3 is 10.2 Å². The zero-order valence-corrected chi connectivity index (χ0v) is 23.1. The summed E-state index contributed by atoms with van der Waals surface area (Å²) in [5.41, 5.74) is 5.95. The van der Waals surface area contributed by atoms with Crippen LogP contribution in [0.2, 0.25) is 0 Å². The van der Waals surface area contributed by atoms with Gasteiger partial charge in [0.05, 0.1) is 12.0 Å². The number of carbonyl (C=O) groups excluding carboxylic acids is 3. The molecule has 0 aliphatic carbocycles. The molecular formula is C35H29N3O3. The number of Topliss-reactive ketones (excluding diaryl/α,β-unsaturated/α-hetero) is 2. The molecule has 1 amide bonds. The number of nitrogens with zero attached hydrogens (tertiary/aromatic N) is 2. The lowest BCUT2D eigenvalue weighted by Gasteiger charge is -2.39. The maximum atomic E-state index is 14.7. The van der Waals surface area contributed by atoms with Crippen molar-refractivity contribution in [3.63, 3.8) is 0 Å². The molecule has 3 aromatic carbocycles. The molecule has 1 spiro atoms. The van der Waals surface area contributed by atoms with E-state index >= 15 is 0 Å². The largest absolute Gasteiger partial charge is 0.352 e. The highest BCUT2D eigenvalue weighted by atomic mass is 16.2. The van der Waals surface area contributed by atoms with Gasteiger partial charge in [0.15, 0.2) is 11.6 Å². The molecule has 6 heteroatoms. The highest BCUT2D eigenvalue weighted by Crippen LogP contribution is 2.58. The topological polar surface area (TPSA) is 79.4 Å². The molecule has 3 aliphatic heterocycles. The maximum Gasteiger partial charge on any atom is 0.238 e. The fourth-order valence-corrected chi connectivity index (χ4v) is 7.12. The van der Waals surface area contributed by atoms with E-state index in [1.165, 1.54) is 6.20 Å². The van der Waals surface area contributed by atoms with E-state index < -0.39 is 23.4 Å². The third-order valence-corrected chi connectivity index (χ3v) is 8.97. The zero-order chi connectivity index (χ0) is 28.5. The first-order chi connectivity index (χ1) is 19.8. The minimum atomic E-state index is -1.33. The molecule has 1 saturated heterocycles. The summed E-state index contributed by atoms with van der Waals surface area (Å²) >= 11 is 0. The second-order valence-corrected chi connectivity index (χ2v) is 11.3. The number of anilines is 2. The van der Waals surface area contributed by atoms with Crippen LogP contribution in [0.25, 0.3) is 5.57 Å². The summed E-state index contributed by atoms with van der Waals surface area (Å²) < 4.78 is 0. The number of benzene rings is 3. The fraction of sp³-hybridized carbons (Fsp3) is 0.200. The number of hydrogen-bond acceptors (Lipinski definition) is 5. The van der Waals surface area contributed by atoms with Crippen LogP contribution in [-0.2, 0) is 10.2 Å². The van der Waals surface area contributed by atoms with Gasteiger partial charge >= 0.3 is 0 Å². The van der Waals surface area contributed by atoms with Crippen LogP contribution in [0.1, 0.15) is 49.9 Å². The number of amides is 1. The molecule has 0 saturated carbocycles. The highest BCUT2D eigenvalue weighted by molar-refractivity contribution is 6.18. The third-order valence-electron chi connectivity index (χ3n) is 8.97. The number of fused-ring (bicyclic) bond motifs is 6. The SMILES string of the molecule is CC1=C[C@@H]2N(c3ccc(C)cc31)[C@H](C(=O)c1ccc(C)cc1)[C@H](C(=O)c1cccnc1)[C@@]21C(=O)Nc2ccccc21. The number of nitrogens with one attached hydrogen (secondary N) is 1. The Morgan fingerprint density at radius 3 is 2.37 bits per heavy atom. The quantitative estimate of drug-likeness (QED) is 0.325. The molecule has 3 aliphatic rings. The summed E-state index contributed by atoms with van der Waals surface area (Å²) in [5.74, 6) is -1.74. The van der Waals surface area contributed by atoms with Crippen molar-refractivity contribution in [2.24, 2.45) is 5.92 Å². The van der Waals surface area contributed by atoms with Crippen LogP contribution in [0, 0.1) is 19.8 Å². The van der Waals surface area contributed by atoms with E-state index in [1.807, 2.05) is 86.3 Å². The molecule has 1 fully saturated rings. The van der Waals surface area contributed by atoms with Crippen molar-refractivity contribution in [3.8, 4) is 0 Å². The number of pyridine rings is 1. The van der Waals surface area contributed by atoms with Gasteiger partial charge in [-0.1, -0.05) is 65.7 Å². The normalized spacial score (nSPS) is 23.9. The lowest BCUT2D eigenvalue weighted by molar-refractivity contribution is -0.121. The van der Waals surface area contributed by atoms with E-state index in [9.17, 15) is 14.4 Å². The van der Waals surface area contributed by atoms with Gasteiger partial charge in [-0.05, 0) is 62.2 Å². The number of aromatic nitrogens is 1. The number of aryl methyl sites for hydroxylation is 2. The average molecular weight is 540 g/mol. The summed E-state index contributed by atoms with van der Waals surface area (Å²) in [5, 5.41) is 3.08. The van der Waals surface area contributed by atoms with Crippen LogP contribution in [0.5, 0.6) is 0 Å². The zero-order valence-electron chi connectivity index (χ0n) is 23.1. The van der Waals surface area contributed by atoms with Gasteiger partial charge in [-0.3, -0.25) is 19.4 Å². The van der Waals surface area contributed by atoms with Crippen LogP contribution in [0.15, 0.2) is 97.3 Å². The van der Waals surface area contributed by atoms with Crippen molar-refractivity contribution >= 4 is 34.4 Å². The van der Waals surface area contributed by atoms with Crippen molar-refractivity contribution in [1.29, 1.82) is 0 Å². The van der Waals surface area contributed by atoms with Gasteiger partial charge in [-0.2, -0.15) is 0 Å². The minimum absolute atomic E-state index is 0.189. The first kappa shape index (κ1) is 25.1. The molecule has 4 aromatic rings. The van der Waals surface area contributed by atoms with E-state index in [0.29, 0.717) is 16.8 Å². The first-order valence-corrected chi connectivity index (χ1v) is 13.9. The second-order valence-electron chi connectivity index (χ2n) is 11.3. The van der Waals surface area contributed by atoms with Crippen molar-refractivity contribution in [3.05, 3.63) is 131 Å². The molecule has 7 rings (SSSR count). The molecule has 6 nitrogen and oxygen atoms in total. The van der Waals surface area contributed by atoms with E-state index in [1.54, 1.807) is 18.3 Å². The van der Waals surface area contributed by atoms with Crippen LogP contribution in [0.3, 0.4) is 0 Å². The maximum absolute atomic E-state index is 14.7.